The lowest BCUT2D eigenvalue weighted by molar-refractivity contribution is 0.00380. The van der Waals surface area contributed by atoms with Gasteiger partial charge in [-0.15, -0.1) is 12.4 Å². The van der Waals surface area contributed by atoms with Crippen molar-refractivity contribution in [1.82, 2.24) is 0 Å². The SMILES string of the molecule is Cl.OC1(Cc2ccccc2F)CCCCC1. The van der Waals surface area contributed by atoms with Gasteiger partial charge in [-0.3, -0.25) is 0 Å². The van der Waals surface area contributed by atoms with Crippen molar-refractivity contribution in [2.75, 3.05) is 0 Å². The summed E-state index contributed by atoms with van der Waals surface area (Å²) in [4.78, 5) is 0. The minimum Gasteiger partial charge on any atom is -0.390 e. The highest BCUT2D eigenvalue weighted by Gasteiger charge is 2.29. The van der Waals surface area contributed by atoms with Gasteiger partial charge in [0.2, 0.25) is 0 Å². The molecule has 1 nitrogen and oxygen atoms in total. The maximum atomic E-state index is 13.4. The van der Waals surface area contributed by atoms with Crippen molar-refractivity contribution < 1.29 is 9.50 Å². The van der Waals surface area contributed by atoms with Crippen molar-refractivity contribution in [3.8, 4) is 0 Å². The van der Waals surface area contributed by atoms with Gasteiger partial charge in [-0.1, -0.05) is 37.5 Å². The molecule has 0 bridgehead atoms. The maximum absolute atomic E-state index is 13.4. The van der Waals surface area contributed by atoms with Gasteiger partial charge in [0.1, 0.15) is 5.82 Å². The zero-order valence-corrected chi connectivity index (χ0v) is 10.1. The second-order valence-electron chi connectivity index (χ2n) is 4.55. The minimum atomic E-state index is -0.666. The fourth-order valence-corrected chi connectivity index (χ4v) is 2.38. The van der Waals surface area contributed by atoms with Gasteiger partial charge in [0.25, 0.3) is 0 Å². The van der Waals surface area contributed by atoms with Crippen molar-refractivity contribution in [3.05, 3.63) is 35.6 Å². The molecule has 0 spiro atoms. The van der Waals surface area contributed by atoms with Gasteiger partial charge in [-0.05, 0) is 24.5 Å². The van der Waals surface area contributed by atoms with Crippen LogP contribution in [0.5, 0.6) is 0 Å². The number of hydrogen-bond donors (Lipinski definition) is 1. The Kier molecular flexibility index (Phi) is 4.75. The van der Waals surface area contributed by atoms with Gasteiger partial charge in [-0.25, -0.2) is 4.39 Å². The summed E-state index contributed by atoms with van der Waals surface area (Å²) in [7, 11) is 0. The molecule has 0 saturated heterocycles. The summed E-state index contributed by atoms with van der Waals surface area (Å²) >= 11 is 0. The van der Waals surface area contributed by atoms with Crippen LogP contribution in [0.1, 0.15) is 37.7 Å². The molecule has 1 aromatic carbocycles. The molecule has 0 aromatic heterocycles. The maximum Gasteiger partial charge on any atom is 0.126 e. The van der Waals surface area contributed by atoms with Gasteiger partial charge in [0.15, 0.2) is 0 Å². The normalized spacial score (nSPS) is 18.9. The summed E-state index contributed by atoms with van der Waals surface area (Å²) in [6.07, 6.45) is 5.39. The van der Waals surface area contributed by atoms with Crippen LogP contribution < -0.4 is 0 Å². The summed E-state index contributed by atoms with van der Waals surface area (Å²) < 4.78 is 13.4. The quantitative estimate of drug-likeness (QED) is 0.845. The molecular formula is C13H18ClFO. The summed E-state index contributed by atoms with van der Waals surface area (Å²) in [5.74, 6) is -0.198. The Morgan fingerprint density at radius 3 is 2.38 bits per heavy atom. The molecule has 16 heavy (non-hydrogen) atoms. The molecular weight excluding hydrogens is 227 g/mol. The molecule has 1 fully saturated rings. The predicted molar refractivity (Wildman–Crippen MR) is 65.4 cm³/mol. The van der Waals surface area contributed by atoms with Gasteiger partial charge in [0, 0.05) is 6.42 Å². The number of benzene rings is 1. The van der Waals surface area contributed by atoms with Gasteiger partial charge >= 0.3 is 0 Å². The molecule has 1 aliphatic rings. The lowest BCUT2D eigenvalue weighted by atomic mass is 9.80. The molecule has 90 valence electrons. The van der Waals surface area contributed by atoms with Crippen molar-refractivity contribution in [2.45, 2.75) is 44.1 Å². The van der Waals surface area contributed by atoms with Crippen LogP contribution in [0, 0.1) is 5.82 Å². The highest BCUT2D eigenvalue weighted by molar-refractivity contribution is 5.85. The Hall–Kier alpha value is -0.600. The summed E-state index contributed by atoms with van der Waals surface area (Å²) in [5.41, 5.74) is -0.0256. The van der Waals surface area contributed by atoms with E-state index < -0.39 is 5.60 Å². The smallest absolute Gasteiger partial charge is 0.126 e. The Balaban J connectivity index is 0.00000128. The van der Waals surface area contributed by atoms with Crippen LogP contribution in [0.4, 0.5) is 4.39 Å². The number of rotatable bonds is 2. The van der Waals surface area contributed by atoms with E-state index in [9.17, 15) is 9.50 Å². The Morgan fingerprint density at radius 2 is 1.75 bits per heavy atom. The molecule has 1 aliphatic carbocycles. The van der Waals surface area contributed by atoms with Crippen molar-refractivity contribution >= 4 is 12.4 Å². The molecule has 0 atom stereocenters. The van der Waals surface area contributed by atoms with Crippen LogP contribution in [-0.4, -0.2) is 10.7 Å². The van der Waals surface area contributed by atoms with E-state index in [1.807, 2.05) is 6.07 Å². The van der Waals surface area contributed by atoms with Crippen LogP contribution in [0.3, 0.4) is 0 Å². The predicted octanol–water partition coefficient (Wildman–Crippen LogP) is 3.49. The Labute approximate surface area is 102 Å². The molecule has 0 aliphatic heterocycles. The molecule has 0 unspecified atom stereocenters. The molecule has 1 N–H and O–H groups in total. The highest BCUT2D eigenvalue weighted by Crippen LogP contribution is 2.31. The van der Waals surface area contributed by atoms with E-state index in [0.717, 1.165) is 25.7 Å². The summed E-state index contributed by atoms with van der Waals surface area (Å²) in [5, 5.41) is 10.3. The molecule has 2 rings (SSSR count). The largest absolute Gasteiger partial charge is 0.390 e. The Bertz CT molecular complexity index is 334. The summed E-state index contributed by atoms with van der Waals surface area (Å²) in [6.45, 7) is 0. The number of aliphatic hydroxyl groups is 1. The average molecular weight is 245 g/mol. The third-order valence-electron chi connectivity index (χ3n) is 3.26. The lowest BCUT2D eigenvalue weighted by Gasteiger charge is -2.32. The number of hydrogen-bond acceptors (Lipinski definition) is 1. The van der Waals surface area contributed by atoms with E-state index in [0.29, 0.717) is 12.0 Å². The summed E-state index contributed by atoms with van der Waals surface area (Å²) in [6, 6.07) is 6.73. The topological polar surface area (TPSA) is 20.2 Å². The van der Waals surface area contributed by atoms with Crippen LogP contribution in [0.25, 0.3) is 0 Å². The van der Waals surface area contributed by atoms with Gasteiger partial charge in [-0.2, -0.15) is 0 Å². The third kappa shape index (κ3) is 3.19. The fraction of sp³-hybridized carbons (Fsp3) is 0.538. The fourth-order valence-electron chi connectivity index (χ4n) is 2.38. The Morgan fingerprint density at radius 1 is 1.12 bits per heavy atom. The van der Waals surface area contributed by atoms with E-state index in [2.05, 4.69) is 0 Å². The van der Waals surface area contributed by atoms with Crippen molar-refractivity contribution in [3.63, 3.8) is 0 Å². The highest BCUT2D eigenvalue weighted by atomic mass is 35.5. The van der Waals surface area contributed by atoms with E-state index in [1.54, 1.807) is 12.1 Å². The van der Waals surface area contributed by atoms with E-state index in [-0.39, 0.29) is 18.2 Å². The first-order valence-corrected chi connectivity index (χ1v) is 5.65. The minimum absolute atomic E-state index is 0. The number of halogens is 2. The second-order valence-corrected chi connectivity index (χ2v) is 4.55. The first-order valence-electron chi connectivity index (χ1n) is 5.65. The zero-order valence-electron chi connectivity index (χ0n) is 9.29. The molecule has 1 saturated carbocycles. The molecule has 1 aromatic rings. The zero-order chi connectivity index (χ0) is 10.7. The van der Waals surface area contributed by atoms with Crippen molar-refractivity contribution in [2.24, 2.45) is 0 Å². The monoisotopic (exact) mass is 244 g/mol. The first-order chi connectivity index (χ1) is 7.20. The van der Waals surface area contributed by atoms with Crippen molar-refractivity contribution in [1.29, 1.82) is 0 Å². The van der Waals surface area contributed by atoms with Gasteiger partial charge < -0.3 is 5.11 Å². The third-order valence-corrected chi connectivity index (χ3v) is 3.26. The lowest BCUT2D eigenvalue weighted by Crippen LogP contribution is -2.34. The molecule has 3 heteroatoms. The van der Waals surface area contributed by atoms with E-state index in [4.69, 9.17) is 0 Å². The van der Waals surface area contributed by atoms with Crippen LogP contribution >= 0.6 is 12.4 Å². The van der Waals surface area contributed by atoms with Crippen LogP contribution in [0.2, 0.25) is 0 Å². The standard InChI is InChI=1S/C13H17FO.ClH/c14-12-7-3-2-6-11(12)10-13(15)8-4-1-5-9-13;/h2-3,6-7,15H,1,4-5,8-10H2;1H. The van der Waals surface area contributed by atoms with E-state index in [1.165, 1.54) is 12.5 Å². The second kappa shape index (κ2) is 5.65. The molecule has 0 heterocycles. The van der Waals surface area contributed by atoms with Gasteiger partial charge in [0.05, 0.1) is 5.60 Å². The first kappa shape index (κ1) is 13.5. The van der Waals surface area contributed by atoms with Crippen LogP contribution in [0.15, 0.2) is 24.3 Å². The average Bonchev–Trinajstić information content (AvgIpc) is 2.22. The molecule has 0 amide bonds. The van der Waals surface area contributed by atoms with Crippen LogP contribution in [-0.2, 0) is 6.42 Å². The molecule has 0 radical (unpaired) electrons. The van der Waals surface area contributed by atoms with E-state index >= 15 is 0 Å².